The van der Waals surface area contributed by atoms with Gasteiger partial charge in [-0.05, 0) is 51.2 Å². The molecular weight excluding hydrogens is 250 g/mol. The first kappa shape index (κ1) is 14.8. The van der Waals surface area contributed by atoms with Gasteiger partial charge < -0.3 is 10.6 Å². The summed E-state index contributed by atoms with van der Waals surface area (Å²) in [4.78, 5) is 16.9. The maximum atomic E-state index is 12.5. The molecule has 1 fully saturated rings. The number of aryl methyl sites for hydroxylation is 1. The van der Waals surface area contributed by atoms with Crippen LogP contribution < -0.4 is 10.6 Å². The van der Waals surface area contributed by atoms with Gasteiger partial charge in [-0.3, -0.25) is 4.79 Å². The van der Waals surface area contributed by atoms with Crippen molar-refractivity contribution in [1.82, 2.24) is 10.3 Å². The molecule has 1 saturated carbocycles. The molecule has 0 saturated heterocycles. The Hall–Kier alpha value is -1.58. The van der Waals surface area contributed by atoms with Crippen molar-refractivity contribution in [2.45, 2.75) is 52.0 Å². The Bertz CT molecular complexity index is 492. The van der Waals surface area contributed by atoms with Crippen LogP contribution in [0.1, 0.15) is 56.1 Å². The lowest BCUT2D eigenvalue weighted by Gasteiger charge is -2.26. The fourth-order valence-corrected chi connectivity index (χ4v) is 2.50. The van der Waals surface area contributed by atoms with Crippen molar-refractivity contribution in [3.63, 3.8) is 0 Å². The van der Waals surface area contributed by atoms with Crippen LogP contribution in [-0.4, -0.2) is 23.5 Å². The van der Waals surface area contributed by atoms with Crippen molar-refractivity contribution >= 4 is 11.7 Å². The van der Waals surface area contributed by atoms with Gasteiger partial charge >= 0.3 is 0 Å². The third kappa shape index (κ3) is 3.50. The van der Waals surface area contributed by atoms with E-state index in [1.54, 1.807) is 0 Å². The zero-order chi connectivity index (χ0) is 14.8. The quantitative estimate of drug-likeness (QED) is 0.839. The summed E-state index contributed by atoms with van der Waals surface area (Å²) in [5.74, 6) is 1.37. The smallest absolute Gasteiger partial charge is 0.251 e. The molecule has 1 aromatic heterocycles. The molecule has 1 aliphatic rings. The number of amides is 1. The first-order valence-electron chi connectivity index (χ1n) is 7.47. The molecule has 20 heavy (non-hydrogen) atoms. The molecule has 0 bridgehead atoms. The third-order valence-corrected chi connectivity index (χ3v) is 3.94. The van der Waals surface area contributed by atoms with Crippen molar-refractivity contribution in [2.24, 2.45) is 5.92 Å². The summed E-state index contributed by atoms with van der Waals surface area (Å²) in [5, 5.41) is 6.19. The van der Waals surface area contributed by atoms with E-state index < -0.39 is 0 Å². The minimum Gasteiger partial charge on any atom is -0.373 e. The van der Waals surface area contributed by atoms with Gasteiger partial charge in [0.25, 0.3) is 5.91 Å². The highest BCUT2D eigenvalue weighted by Gasteiger charge is 2.38. The van der Waals surface area contributed by atoms with E-state index >= 15 is 0 Å². The minimum atomic E-state index is -0.120. The second kappa shape index (κ2) is 5.81. The Morgan fingerprint density at radius 3 is 2.65 bits per heavy atom. The molecule has 2 rings (SSSR count). The van der Waals surface area contributed by atoms with E-state index in [9.17, 15) is 4.79 Å². The second-order valence-corrected chi connectivity index (χ2v) is 6.18. The number of hydrogen-bond acceptors (Lipinski definition) is 3. The van der Waals surface area contributed by atoms with E-state index in [1.165, 1.54) is 12.8 Å². The molecule has 1 amide bonds. The molecular formula is C16H25N3O. The lowest BCUT2D eigenvalue weighted by molar-refractivity contribution is 0.0903. The summed E-state index contributed by atoms with van der Waals surface area (Å²) in [6.07, 6.45) is 4.34. The number of aromatic nitrogens is 1. The van der Waals surface area contributed by atoms with Crippen LogP contribution in [0, 0.1) is 5.92 Å². The maximum absolute atomic E-state index is 12.5. The average molecular weight is 275 g/mol. The predicted molar refractivity (Wildman–Crippen MR) is 82.0 cm³/mol. The van der Waals surface area contributed by atoms with Gasteiger partial charge in [-0.1, -0.05) is 13.3 Å². The molecule has 0 aliphatic heterocycles. The first-order valence-corrected chi connectivity index (χ1v) is 7.47. The van der Waals surface area contributed by atoms with Crippen molar-refractivity contribution < 1.29 is 4.79 Å². The lowest BCUT2D eigenvalue weighted by Crippen LogP contribution is -2.45. The molecule has 0 spiro atoms. The molecule has 0 unspecified atom stereocenters. The minimum absolute atomic E-state index is 0.00171. The van der Waals surface area contributed by atoms with Crippen molar-refractivity contribution in [2.75, 3.05) is 12.4 Å². The molecule has 1 aliphatic carbocycles. The Morgan fingerprint density at radius 1 is 1.40 bits per heavy atom. The van der Waals surface area contributed by atoms with Gasteiger partial charge in [0.2, 0.25) is 0 Å². The van der Waals surface area contributed by atoms with Crippen LogP contribution in [0.15, 0.2) is 12.1 Å². The van der Waals surface area contributed by atoms with Crippen LogP contribution in [0.3, 0.4) is 0 Å². The average Bonchev–Trinajstić information content (AvgIpc) is 3.22. The highest BCUT2D eigenvalue weighted by molar-refractivity contribution is 5.95. The van der Waals surface area contributed by atoms with E-state index in [1.807, 2.05) is 19.2 Å². The number of rotatable bonds is 6. The number of carbonyl (C=O) groups is 1. The van der Waals surface area contributed by atoms with E-state index in [0.29, 0.717) is 11.5 Å². The molecule has 4 heteroatoms. The fraction of sp³-hybridized carbons (Fsp3) is 0.625. The van der Waals surface area contributed by atoms with Crippen LogP contribution in [0.25, 0.3) is 0 Å². The van der Waals surface area contributed by atoms with Crippen LogP contribution in [-0.2, 0) is 6.42 Å². The largest absolute Gasteiger partial charge is 0.373 e. The normalized spacial score (nSPS) is 15.0. The summed E-state index contributed by atoms with van der Waals surface area (Å²) in [7, 11) is 1.83. The Kier molecular flexibility index (Phi) is 4.31. The highest BCUT2D eigenvalue weighted by Crippen LogP contribution is 2.39. The van der Waals surface area contributed by atoms with Gasteiger partial charge in [0.05, 0.1) is 0 Å². The number of carbonyl (C=O) groups excluding carboxylic acids is 1. The highest BCUT2D eigenvalue weighted by atomic mass is 16.1. The molecule has 1 aromatic rings. The van der Waals surface area contributed by atoms with Crippen LogP contribution >= 0.6 is 0 Å². The molecule has 2 N–H and O–H groups in total. The van der Waals surface area contributed by atoms with Crippen molar-refractivity contribution in [1.29, 1.82) is 0 Å². The van der Waals surface area contributed by atoms with Gasteiger partial charge in [-0.15, -0.1) is 0 Å². The summed E-state index contributed by atoms with van der Waals surface area (Å²) < 4.78 is 0. The number of nitrogens with one attached hydrogen (secondary N) is 2. The Balaban J connectivity index is 2.17. The number of hydrogen-bond donors (Lipinski definition) is 2. The predicted octanol–water partition coefficient (Wildman–Crippen LogP) is 2.99. The van der Waals surface area contributed by atoms with Crippen LogP contribution in [0.4, 0.5) is 5.82 Å². The van der Waals surface area contributed by atoms with Crippen molar-refractivity contribution in [3.05, 3.63) is 23.4 Å². The van der Waals surface area contributed by atoms with E-state index in [0.717, 1.165) is 24.4 Å². The molecule has 0 atom stereocenters. The standard InChI is InChI=1S/C16H25N3O/c1-5-6-13-9-11(10-14(17-4)18-13)15(20)19-16(2,3)12-7-8-12/h9-10,12H,5-8H2,1-4H3,(H,17,18)(H,19,20). The molecule has 0 radical (unpaired) electrons. The summed E-state index contributed by atoms with van der Waals surface area (Å²) in [6.45, 7) is 6.33. The Morgan fingerprint density at radius 2 is 2.10 bits per heavy atom. The number of anilines is 1. The van der Waals surface area contributed by atoms with Gasteiger partial charge in [0.15, 0.2) is 0 Å². The fourth-order valence-electron chi connectivity index (χ4n) is 2.50. The van der Waals surface area contributed by atoms with E-state index in [2.05, 4.69) is 36.4 Å². The van der Waals surface area contributed by atoms with Crippen LogP contribution in [0.2, 0.25) is 0 Å². The maximum Gasteiger partial charge on any atom is 0.251 e. The lowest BCUT2D eigenvalue weighted by atomic mass is 9.98. The third-order valence-electron chi connectivity index (χ3n) is 3.94. The van der Waals surface area contributed by atoms with Crippen molar-refractivity contribution in [3.8, 4) is 0 Å². The molecule has 0 aromatic carbocycles. The van der Waals surface area contributed by atoms with Gasteiger partial charge in [0, 0.05) is 23.8 Å². The monoisotopic (exact) mass is 275 g/mol. The first-order chi connectivity index (χ1) is 9.46. The summed E-state index contributed by atoms with van der Waals surface area (Å²) in [6, 6.07) is 3.72. The van der Waals surface area contributed by atoms with Gasteiger partial charge in [0.1, 0.15) is 5.82 Å². The van der Waals surface area contributed by atoms with Crippen LogP contribution in [0.5, 0.6) is 0 Å². The molecule has 4 nitrogen and oxygen atoms in total. The zero-order valence-corrected chi connectivity index (χ0v) is 12.9. The zero-order valence-electron chi connectivity index (χ0n) is 12.9. The van der Waals surface area contributed by atoms with E-state index in [-0.39, 0.29) is 11.4 Å². The van der Waals surface area contributed by atoms with E-state index in [4.69, 9.17) is 0 Å². The Labute approximate surface area is 121 Å². The SMILES string of the molecule is CCCc1cc(C(=O)NC(C)(C)C2CC2)cc(NC)n1. The topological polar surface area (TPSA) is 54.0 Å². The summed E-state index contributed by atoms with van der Waals surface area (Å²) in [5.41, 5.74) is 1.54. The summed E-state index contributed by atoms with van der Waals surface area (Å²) >= 11 is 0. The van der Waals surface area contributed by atoms with Gasteiger partial charge in [-0.2, -0.15) is 0 Å². The van der Waals surface area contributed by atoms with Gasteiger partial charge in [-0.25, -0.2) is 4.98 Å². The second-order valence-electron chi connectivity index (χ2n) is 6.18. The number of pyridine rings is 1. The molecule has 1 heterocycles. The molecule has 110 valence electrons. The number of nitrogens with zero attached hydrogens (tertiary/aromatic N) is 1.